The zero-order chi connectivity index (χ0) is 18.6. The molecule has 0 atom stereocenters. The number of sulfonamides is 1. The van der Waals surface area contributed by atoms with Crippen molar-refractivity contribution in [1.82, 2.24) is 14.2 Å². The van der Waals surface area contributed by atoms with Gasteiger partial charge in [-0.2, -0.15) is 0 Å². The van der Waals surface area contributed by atoms with Gasteiger partial charge >= 0.3 is 5.97 Å². The Morgan fingerprint density at radius 1 is 1.32 bits per heavy atom. The molecular formula is C16H23N3O5S. The molecule has 9 heteroatoms. The average Bonchev–Trinajstić information content (AvgIpc) is 2.60. The van der Waals surface area contributed by atoms with E-state index in [0.29, 0.717) is 18.4 Å². The molecule has 2 heterocycles. The second-order valence-corrected chi connectivity index (χ2v) is 8.30. The van der Waals surface area contributed by atoms with Crippen molar-refractivity contribution in [3.05, 3.63) is 29.6 Å². The van der Waals surface area contributed by atoms with E-state index < -0.39 is 28.4 Å². The summed E-state index contributed by atoms with van der Waals surface area (Å²) in [6.45, 7) is 3.55. The van der Waals surface area contributed by atoms with Crippen LogP contribution in [0.4, 0.5) is 0 Å². The molecular weight excluding hydrogens is 346 g/mol. The Kier molecular flexibility index (Phi) is 6.12. The Morgan fingerprint density at radius 2 is 1.96 bits per heavy atom. The van der Waals surface area contributed by atoms with Crippen LogP contribution in [0.2, 0.25) is 0 Å². The minimum atomic E-state index is -3.27. The quantitative estimate of drug-likeness (QED) is 0.792. The summed E-state index contributed by atoms with van der Waals surface area (Å²) in [6.07, 6.45) is 2.26. The molecule has 1 aromatic rings. The highest BCUT2D eigenvalue weighted by molar-refractivity contribution is 7.89. The summed E-state index contributed by atoms with van der Waals surface area (Å²) in [5.41, 5.74) is 1.09. The van der Waals surface area contributed by atoms with Crippen molar-refractivity contribution in [2.75, 3.05) is 25.4 Å². The van der Waals surface area contributed by atoms with Crippen LogP contribution in [-0.4, -0.2) is 71.0 Å². The number of carbonyl (C=O) groups excluding carboxylic acids is 1. The van der Waals surface area contributed by atoms with Crippen LogP contribution in [0.5, 0.6) is 0 Å². The SMILES string of the molecule is CCS(=O)(=O)N1CCC(N(CC(=O)O)C(=O)c2ccc(C)nc2)CC1. The van der Waals surface area contributed by atoms with Gasteiger partial charge < -0.3 is 10.0 Å². The van der Waals surface area contributed by atoms with Crippen molar-refractivity contribution < 1.29 is 23.1 Å². The third-order valence-corrected chi connectivity index (χ3v) is 6.23. The van der Waals surface area contributed by atoms with E-state index >= 15 is 0 Å². The highest BCUT2D eigenvalue weighted by Crippen LogP contribution is 2.21. The van der Waals surface area contributed by atoms with Crippen LogP contribution in [0.3, 0.4) is 0 Å². The van der Waals surface area contributed by atoms with Crippen molar-refractivity contribution in [1.29, 1.82) is 0 Å². The number of hydrogen-bond acceptors (Lipinski definition) is 5. The summed E-state index contributed by atoms with van der Waals surface area (Å²) >= 11 is 0. The average molecular weight is 369 g/mol. The van der Waals surface area contributed by atoms with Crippen molar-refractivity contribution in [3.8, 4) is 0 Å². The second-order valence-electron chi connectivity index (χ2n) is 6.05. The number of aryl methyl sites for hydroxylation is 1. The van der Waals surface area contributed by atoms with Gasteiger partial charge in [0, 0.05) is 31.0 Å². The summed E-state index contributed by atoms with van der Waals surface area (Å²) in [4.78, 5) is 29.3. The largest absolute Gasteiger partial charge is 0.480 e. The first-order valence-electron chi connectivity index (χ1n) is 8.18. The van der Waals surface area contributed by atoms with Crippen LogP contribution < -0.4 is 0 Å². The van der Waals surface area contributed by atoms with Crippen LogP contribution >= 0.6 is 0 Å². The fourth-order valence-corrected chi connectivity index (χ4v) is 4.02. The standard InChI is InChI=1S/C16H23N3O5S/c1-3-25(23,24)18-8-6-14(7-9-18)19(11-15(20)21)16(22)13-5-4-12(2)17-10-13/h4-5,10,14H,3,6-9,11H2,1-2H3,(H,20,21). The number of aromatic nitrogens is 1. The van der Waals surface area contributed by atoms with E-state index in [9.17, 15) is 18.0 Å². The maximum Gasteiger partial charge on any atom is 0.323 e. The first-order valence-corrected chi connectivity index (χ1v) is 9.78. The van der Waals surface area contributed by atoms with E-state index in [4.69, 9.17) is 5.11 Å². The minimum absolute atomic E-state index is 0.0322. The Balaban J connectivity index is 2.14. The highest BCUT2D eigenvalue weighted by Gasteiger charge is 2.33. The Morgan fingerprint density at radius 3 is 2.44 bits per heavy atom. The molecule has 8 nitrogen and oxygen atoms in total. The summed E-state index contributed by atoms with van der Waals surface area (Å²) in [5.74, 6) is -1.46. The van der Waals surface area contributed by atoms with Crippen LogP contribution in [0, 0.1) is 6.92 Å². The molecule has 1 amide bonds. The molecule has 0 radical (unpaired) electrons. The molecule has 0 spiro atoms. The lowest BCUT2D eigenvalue weighted by atomic mass is 10.0. The van der Waals surface area contributed by atoms with Crippen LogP contribution in [0.1, 0.15) is 35.8 Å². The number of amides is 1. The molecule has 1 aliphatic heterocycles. The van der Waals surface area contributed by atoms with Gasteiger partial charge in [0.25, 0.3) is 5.91 Å². The van der Waals surface area contributed by atoms with Gasteiger partial charge in [-0.3, -0.25) is 14.6 Å². The molecule has 1 saturated heterocycles. The van der Waals surface area contributed by atoms with E-state index in [0.717, 1.165) is 5.69 Å². The number of carboxylic acids is 1. The maximum atomic E-state index is 12.7. The number of piperidine rings is 1. The molecule has 0 bridgehead atoms. The topological polar surface area (TPSA) is 108 Å². The number of carboxylic acid groups (broad SMARTS) is 1. The molecule has 25 heavy (non-hydrogen) atoms. The van der Waals surface area contributed by atoms with E-state index in [1.54, 1.807) is 26.0 Å². The number of hydrogen-bond donors (Lipinski definition) is 1. The van der Waals surface area contributed by atoms with E-state index in [-0.39, 0.29) is 24.9 Å². The summed E-state index contributed by atoms with van der Waals surface area (Å²) < 4.78 is 25.3. The fourth-order valence-electron chi connectivity index (χ4n) is 2.89. The lowest BCUT2D eigenvalue weighted by Crippen LogP contribution is -2.50. The first kappa shape index (κ1) is 19.3. The van der Waals surface area contributed by atoms with Crippen LogP contribution in [-0.2, 0) is 14.8 Å². The summed E-state index contributed by atoms with van der Waals surface area (Å²) in [6, 6.07) is 3.01. The highest BCUT2D eigenvalue weighted by atomic mass is 32.2. The molecule has 1 N–H and O–H groups in total. The van der Waals surface area contributed by atoms with Gasteiger partial charge in [0.15, 0.2) is 0 Å². The molecule has 2 rings (SSSR count). The third-order valence-electron chi connectivity index (χ3n) is 4.35. The van der Waals surface area contributed by atoms with Gasteiger partial charge in [-0.05, 0) is 38.8 Å². The third kappa shape index (κ3) is 4.76. The molecule has 0 aliphatic carbocycles. The predicted molar refractivity (Wildman–Crippen MR) is 91.7 cm³/mol. The summed E-state index contributed by atoms with van der Waals surface area (Å²) in [7, 11) is -3.27. The van der Waals surface area contributed by atoms with E-state index in [2.05, 4.69) is 4.98 Å². The van der Waals surface area contributed by atoms with Crippen molar-refractivity contribution >= 4 is 21.9 Å². The van der Waals surface area contributed by atoms with Crippen molar-refractivity contribution in [2.24, 2.45) is 0 Å². The Hall–Kier alpha value is -2.00. The molecule has 0 aromatic carbocycles. The number of nitrogens with zero attached hydrogens (tertiary/aromatic N) is 3. The smallest absolute Gasteiger partial charge is 0.323 e. The van der Waals surface area contributed by atoms with Gasteiger partial charge in [-0.15, -0.1) is 0 Å². The van der Waals surface area contributed by atoms with Gasteiger partial charge in [0.05, 0.1) is 11.3 Å². The minimum Gasteiger partial charge on any atom is -0.480 e. The zero-order valence-electron chi connectivity index (χ0n) is 14.4. The summed E-state index contributed by atoms with van der Waals surface area (Å²) in [5, 5.41) is 9.16. The molecule has 1 aromatic heterocycles. The molecule has 0 unspecified atom stereocenters. The number of aliphatic carboxylic acids is 1. The van der Waals surface area contributed by atoms with Crippen molar-refractivity contribution in [3.63, 3.8) is 0 Å². The van der Waals surface area contributed by atoms with Crippen LogP contribution in [0.15, 0.2) is 18.3 Å². The van der Waals surface area contributed by atoms with Gasteiger partial charge in [-0.1, -0.05) is 0 Å². The maximum absolute atomic E-state index is 12.7. The zero-order valence-corrected chi connectivity index (χ0v) is 15.2. The molecule has 0 saturated carbocycles. The normalized spacial score (nSPS) is 16.6. The van der Waals surface area contributed by atoms with E-state index in [1.807, 2.05) is 0 Å². The first-order chi connectivity index (χ1) is 11.7. The van der Waals surface area contributed by atoms with Crippen molar-refractivity contribution in [2.45, 2.75) is 32.7 Å². The Labute approximate surface area is 147 Å². The monoisotopic (exact) mass is 369 g/mol. The molecule has 1 aliphatic rings. The van der Waals surface area contributed by atoms with Gasteiger partial charge in [0.2, 0.25) is 10.0 Å². The van der Waals surface area contributed by atoms with Gasteiger partial charge in [0.1, 0.15) is 6.54 Å². The van der Waals surface area contributed by atoms with Gasteiger partial charge in [-0.25, -0.2) is 12.7 Å². The predicted octanol–water partition coefficient (Wildman–Crippen LogP) is 0.731. The lowest BCUT2D eigenvalue weighted by molar-refractivity contribution is -0.138. The Bertz CT molecular complexity index is 725. The lowest BCUT2D eigenvalue weighted by Gasteiger charge is -2.37. The van der Waals surface area contributed by atoms with Crippen LogP contribution in [0.25, 0.3) is 0 Å². The number of rotatable bonds is 6. The number of pyridine rings is 1. The second kappa shape index (κ2) is 7.92. The van der Waals surface area contributed by atoms with E-state index in [1.165, 1.54) is 15.4 Å². The molecule has 1 fully saturated rings. The fraction of sp³-hybridized carbons (Fsp3) is 0.562. The number of carbonyl (C=O) groups is 2. The molecule has 138 valence electrons.